The minimum Gasteiger partial charge on any atom is -0.394 e. The Morgan fingerprint density at radius 2 is 2.12 bits per heavy atom. The van der Waals surface area contributed by atoms with E-state index >= 15 is 0 Å². The zero-order valence-corrected chi connectivity index (χ0v) is 18.1. The molecule has 3 heterocycles. The number of aliphatic hydroxyl groups is 5. The fraction of sp³-hybridized carbons (Fsp3) is 0.750. The number of H-pyrrole nitrogens is 1. The van der Waals surface area contributed by atoms with Crippen molar-refractivity contribution in [2.24, 2.45) is 0 Å². The van der Waals surface area contributed by atoms with E-state index in [-0.39, 0.29) is 36.6 Å². The molecule has 1 unspecified atom stereocenters. The molecule has 0 aliphatic carbocycles. The molecule has 0 spiro atoms. The Bertz CT molecular complexity index is 919. The van der Waals surface area contributed by atoms with E-state index < -0.39 is 48.9 Å². The number of aromatic amines is 1. The lowest BCUT2D eigenvalue weighted by Gasteiger charge is -2.26. The van der Waals surface area contributed by atoms with Crippen molar-refractivity contribution in [1.82, 2.24) is 19.5 Å². The first-order valence-corrected chi connectivity index (χ1v) is 11.0. The largest absolute Gasteiger partial charge is 0.394 e. The summed E-state index contributed by atoms with van der Waals surface area (Å²) in [5.74, 6) is 0.0752. The van der Waals surface area contributed by atoms with E-state index in [2.05, 4.69) is 27.2 Å². The van der Waals surface area contributed by atoms with Crippen LogP contribution in [0, 0.1) is 0 Å². The number of rotatable bonds is 12. The highest BCUT2D eigenvalue weighted by Gasteiger charge is 2.35. The van der Waals surface area contributed by atoms with Gasteiger partial charge in [-0.25, -0.2) is 4.98 Å². The van der Waals surface area contributed by atoms with E-state index in [1.54, 1.807) is 0 Å². The number of nitrogens with one attached hydrogen (secondary N) is 2. The fourth-order valence-electron chi connectivity index (χ4n) is 3.92. The van der Waals surface area contributed by atoms with Crippen LogP contribution in [-0.4, -0.2) is 88.7 Å². The Hall–Kier alpha value is -2.09. The number of aliphatic hydroxyl groups excluding tert-OH is 5. The van der Waals surface area contributed by atoms with E-state index in [0.717, 1.165) is 19.3 Å². The molecule has 0 aromatic carbocycles. The number of anilines is 1. The summed E-state index contributed by atoms with van der Waals surface area (Å²) < 4.78 is 7.16. The third-order valence-electron chi connectivity index (χ3n) is 5.75. The van der Waals surface area contributed by atoms with Gasteiger partial charge in [0.25, 0.3) is 5.56 Å². The van der Waals surface area contributed by atoms with Crippen LogP contribution in [0.3, 0.4) is 0 Å². The number of nitrogens with zero attached hydrogens (tertiary/aromatic N) is 3. The molecule has 0 saturated carbocycles. The smallest absolute Gasteiger partial charge is 0.280 e. The highest BCUT2D eigenvalue weighted by Crippen LogP contribution is 2.30. The summed E-state index contributed by atoms with van der Waals surface area (Å²) in [5, 5.41) is 52.1. The van der Waals surface area contributed by atoms with E-state index in [1.807, 2.05) is 0 Å². The molecule has 7 N–H and O–H groups in total. The lowest BCUT2D eigenvalue weighted by Crippen LogP contribution is -2.38. The average Bonchev–Trinajstić information content (AvgIpc) is 3.36. The Balaban J connectivity index is 1.85. The van der Waals surface area contributed by atoms with Gasteiger partial charge in [-0.15, -0.1) is 0 Å². The molecule has 1 saturated heterocycles. The lowest BCUT2D eigenvalue weighted by molar-refractivity contribution is -0.0432. The van der Waals surface area contributed by atoms with Crippen molar-refractivity contribution < 1.29 is 30.3 Å². The number of ether oxygens (including phenoxy) is 1. The van der Waals surface area contributed by atoms with E-state index in [4.69, 9.17) is 4.74 Å². The van der Waals surface area contributed by atoms with Crippen LogP contribution >= 0.6 is 0 Å². The van der Waals surface area contributed by atoms with Gasteiger partial charge in [-0.05, 0) is 12.8 Å². The second kappa shape index (κ2) is 11.2. The van der Waals surface area contributed by atoms with Gasteiger partial charge in [-0.3, -0.25) is 14.3 Å². The molecule has 3 rings (SSSR count). The van der Waals surface area contributed by atoms with Gasteiger partial charge in [-0.1, -0.05) is 26.2 Å². The zero-order valence-electron chi connectivity index (χ0n) is 18.1. The summed E-state index contributed by atoms with van der Waals surface area (Å²) in [7, 11) is 0. The molecule has 0 radical (unpaired) electrons. The molecule has 0 bridgehead atoms. The van der Waals surface area contributed by atoms with Crippen LogP contribution in [0.15, 0.2) is 11.1 Å². The minimum atomic E-state index is -1.04. The Morgan fingerprint density at radius 1 is 1.34 bits per heavy atom. The second-order valence-corrected chi connectivity index (χ2v) is 8.24. The summed E-state index contributed by atoms with van der Waals surface area (Å²) in [6.45, 7) is 1.26. The molecule has 12 nitrogen and oxygen atoms in total. The Morgan fingerprint density at radius 3 is 2.78 bits per heavy atom. The quantitative estimate of drug-likeness (QED) is 0.200. The van der Waals surface area contributed by atoms with E-state index in [9.17, 15) is 30.3 Å². The van der Waals surface area contributed by atoms with Crippen molar-refractivity contribution in [2.45, 2.75) is 82.1 Å². The second-order valence-electron chi connectivity index (χ2n) is 8.24. The van der Waals surface area contributed by atoms with Crippen LogP contribution in [-0.2, 0) is 4.74 Å². The molecular formula is C20H33N5O7. The Labute approximate surface area is 184 Å². The Kier molecular flexibility index (Phi) is 8.57. The SMILES string of the molecule is CCCCC[C@@H](O)[C@@H](CC(O)CO)Nc1nc2c(ncn2[C@H]2C[C@H](O)[C@@H](CO)O2)c(=O)[nH]1. The van der Waals surface area contributed by atoms with Gasteiger partial charge >= 0.3 is 0 Å². The molecule has 2 aromatic heterocycles. The van der Waals surface area contributed by atoms with Gasteiger partial charge in [0.05, 0.1) is 43.9 Å². The van der Waals surface area contributed by atoms with Gasteiger partial charge in [0, 0.05) is 6.42 Å². The van der Waals surface area contributed by atoms with Gasteiger partial charge in [0.2, 0.25) is 5.95 Å². The molecule has 2 aromatic rings. The number of aromatic nitrogens is 4. The van der Waals surface area contributed by atoms with Crippen molar-refractivity contribution in [3.63, 3.8) is 0 Å². The third kappa shape index (κ3) is 5.63. The normalized spacial score (nSPS) is 24.0. The summed E-state index contributed by atoms with van der Waals surface area (Å²) in [4.78, 5) is 23.7. The first-order chi connectivity index (χ1) is 15.4. The van der Waals surface area contributed by atoms with Crippen LogP contribution in [0.1, 0.15) is 51.7 Å². The summed E-state index contributed by atoms with van der Waals surface area (Å²) in [6, 6.07) is -0.658. The molecule has 0 amide bonds. The van der Waals surface area contributed by atoms with Crippen molar-refractivity contribution in [3.8, 4) is 0 Å². The van der Waals surface area contributed by atoms with Gasteiger partial charge in [-0.2, -0.15) is 4.98 Å². The molecular weight excluding hydrogens is 422 g/mol. The van der Waals surface area contributed by atoms with Crippen molar-refractivity contribution in [2.75, 3.05) is 18.5 Å². The maximum Gasteiger partial charge on any atom is 0.280 e. The number of imidazole rings is 1. The molecule has 180 valence electrons. The maximum absolute atomic E-state index is 12.6. The highest BCUT2D eigenvalue weighted by molar-refractivity contribution is 5.71. The summed E-state index contributed by atoms with van der Waals surface area (Å²) in [6.07, 6.45) is 0.772. The number of hydrogen-bond donors (Lipinski definition) is 7. The molecule has 6 atom stereocenters. The molecule has 1 aliphatic rings. The van der Waals surface area contributed by atoms with Crippen molar-refractivity contribution >= 4 is 17.1 Å². The molecule has 1 fully saturated rings. The van der Waals surface area contributed by atoms with Gasteiger partial charge in [0.15, 0.2) is 11.2 Å². The fourth-order valence-corrected chi connectivity index (χ4v) is 3.92. The van der Waals surface area contributed by atoms with Crippen LogP contribution in [0.25, 0.3) is 11.2 Å². The zero-order chi connectivity index (χ0) is 23.3. The van der Waals surface area contributed by atoms with Gasteiger partial charge < -0.3 is 35.6 Å². The summed E-state index contributed by atoms with van der Waals surface area (Å²) in [5.41, 5.74) is -0.207. The maximum atomic E-state index is 12.6. The predicted octanol–water partition coefficient (Wildman–Crippen LogP) is -0.775. The van der Waals surface area contributed by atoms with Gasteiger partial charge in [0.1, 0.15) is 12.3 Å². The van der Waals surface area contributed by atoms with Crippen molar-refractivity contribution in [1.29, 1.82) is 0 Å². The number of unbranched alkanes of at least 4 members (excludes halogenated alkanes) is 2. The van der Waals surface area contributed by atoms with Crippen LogP contribution in [0.4, 0.5) is 5.95 Å². The molecule has 32 heavy (non-hydrogen) atoms. The summed E-state index contributed by atoms with van der Waals surface area (Å²) >= 11 is 0. The minimum absolute atomic E-state index is 0.0565. The monoisotopic (exact) mass is 455 g/mol. The predicted molar refractivity (Wildman–Crippen MR) is 115 cm³/mol. The molecule has 12 heteroatoms. The lowest BCUT2D eigenvalue weighted by atomic mass is 9.99. The first-order valence-electron chi connectivity index (χ1n) is 11.0. The topological polar surface area (TPSA) is 186 Å². The molecule has 1 aliphatic heterocycles. The van der Waals surface area contributed by atoms with E-state index in [1.165, 1.54) is 10.9 Å². The van der Waals surface area contributed by atoms with Crippen LogP contribution < -0.4 is 10.9 Å². The third-order valence-corrected chi connectivity index (χ3v) is 5.75. The van der Waals surface area contributed by atoms with Crippen LogP contribution in [0.5, 0.6) is 0 Å². The number of hydrogen-bond acceptors (Lipinski definition) is 10. The van der Waals surface area contributed by atoms with E-state index in [0.29, 0.717) is 6.42 Å². The van der Waals surface area contributed by atoms with Crippen molar-refractivity contribution in [3.05, 3.63) is 16.7 Å². The standard InChI is InChI=1S/C20H33N5O7/c1-2-3-4-5-13(29)12(6-11(28)8-26)22-20-23-18-17(19(31)24-20)21-10-25(18)16-7-14(30)15(9-27)32-16/h10-16,26-30H,2-9H2,1H3,(H2,22,23,24,31)/t11?,12-,13-,14+,15-,16-/m1/s1. The van der Waals surface area contributed by atoms with Crippen LogP contribution in [0.2, 0.25) is 0 Å². The number of fused-ring (bicyclic) bond motifs is 1. The average molecular weight is 456 g/mol. The first kappa shape index (κ1) is 24.6. The highest BCUT2D eigenvalue weighted by atomic mass is 16.5.